The van der Waals surface area contributed by atoms with E-state index in [-0.39, 0.29) is 5.91 Å². The SMILES string of the molecule is CCc1cc(C(=O)NCc2sccc2C)cc(NN)n1. The number of amides is 1. The topological polar surface area (TPSA) is 80.0 Å². The van der Waals surface area contributed by atoms with Gasteiger partial charge in [0.2, 0.25) is 0 Å². The lowest BCUT2D eigenvalue weighted by molar-refractivity contribution is 0.0951. The lowest BCUT2D eigenvalue weighted by atomic mass is 10.2. The minimum Gasteiger partial charge on any atom is -0.347 e. The number of aryl methyl sites for hydroxylation is 2. The average Bonchev–Trinajstić information content (AvgIpc) is 2.89. The minimum absolute atomic E-state index is 0.119. The number of thiophene rings is 1. The summed E-state index contributed by atoms with van der Waals surface area (Å²) in [6.07, 6.45) is 0.750. The zero-order chi connectivity index (χ0) is 14.5. The molecule has 20 heavy (non-hydrogen) atoms. The van der Waals surface area contributed by atoms with Crippen LogP contribution in [0.1, 0.15) is 33.4 Å². The molecule has 0 aliphatic rings. The molecule has 0 radical (unpaired) electrons. The van der Waals surface area contributed by atoms with Gasteiger partial charge in [-0.05, 0) is 42.5 Å². The molecule has 0 aromatic carbocycles. The van der Waals surface area contributed by atoms with Gasteiger partial charge in [0.15, 0.2) is 0 Å². The van der Waals surface area contributed by atoms with Gasteiger partial charge in [-0.15, -0.1) is 11.3 Å². The highest BCUT2D eigenvalue weighted by Gasteiger charge is 2.10. The summed E-state index contributed by atoms with van der Waals surface area (Å²) in [5.74, 6) is 5.75. The molecule has 0 fully saturated rings. The fourth-order valence-electron chi connectivity index (χ4n) is 1.82. The second-order valence-electron chi connectivity index (χ2n) is 4.44. The monoisotopic (exact) mass is 290 g/mol. The number of carbonyl (C=O) groups is 1. The van der Waals surface area contributed by atoms with Crippen molar-refractivity contribution < 1.29 is 4.79 Å². The van der Waals surface area contributed by atoms with E-state index in [4.69, 9.17) is 5.84 Å². The van der Waals surface area contributed by atoms with E-state index in [1.165, 1.54) is 10.4 Å². The van der Waals surface area contributed by atoms with Crippen molar-refractivity contribution in [3.05, 3.63) is 45.3 Å². The summed E-state index contributed by atoms with van der Waals surface area (Å²) in [7, 11) is 0. The van der Waals surface area contributed by atoms with Crippen LogP contribution in [0.15, 0.2) is 23.6 Å². The third-order valence-electron chi connectivity index (χ3n) is 3.03. The van der Waals surface area contributed by atoms with Gasteiger partial charge in [0, 0.05) is 16.1 Å². The summed E-state index contributed by atoms with van der Waals surface area (Å²) in [5, 5.41) is 4.94. The maximum atomic E-state index is 12.2. The molecule has 0 spiro atoms. The van der Waals surface area contributed by atoms with E-state index in [0.717, 1.165) is 12.1 Å². The lowest BCUT2D eigenvalue weighted by Gasteiger charge is -2.08. The number of anilines is 1. The van der Waals surface area contributed by atoms with E-state index in [9.17, 15) is 4.79 Å². The summed E-state index contributed by atoms with van der Waals surface area (Å²) in [6.45, 7) is 4.56. The smallest absolute Gasteiger partial charge is 0.251 e. The first kappa shape index (κ1) is 14.5. The third-order valence-corrected chi connectivity index (χ3v) is 4.05. The van der Waals surface area contributed by atoms with Crippen molar-refractivity contribution in [2.45, 2.75) is 26.8 Å². The molecular formula is C14H18N4OS. The van der Waals surface area contributed by atoms with Gasteiger partial charge in [-0.25, -0.2) is 10.8 Å². The Morgan fingerprint density at radius 1 is 1.45 bits per heavy atom. The lowest BCUT2D eigenvalue weighted by Crippen LogP contribution is -2.23. The first-order chi connectivity index (χ1) is 9.63. The summed E-state index contributed by atoms with van der Waals surface area (Å²) in [5.41, 5.74) is 5.08. The van der Waals surface area contributed by atoms with Crippen LogP contribution in [0.4, 0.5) is 5.82 Å². The first-order valence-corrected chi connectivity index (χ1v) is 7.30. The number of rotatable bonds is 5. The number of carbonyl (C=O) groups excluding carboxylic acids is 1. The van der Waals surface area contributed by atoms with Crippen molar-refractivity contribution in [3.8, 4) is 0 Å². The molecular weight excluding hydrogens is 272 g/mol. The van der Waals surface area contributed by atoms with Gasteiger partial charge in [-0.2, -0.15) is 0 Å². The van der Waals surface area contributed by atoms with E-state index >= 15 is 0 Å². The van der Waals surface area contributed by atoms with Gasteiger partial charge >= 0.3 is 0 Å². The fourth-order valence-corrected chi connectivity index (χ4v) is 2.67. The molecule has 0 aliphatic carbocycles. The quantitative estimate of drug-likeness (QED) is 0.583. The van der Waals surface area contributed by atoms with E-state index < -0.39 is 0 Å². The van der Waals surface area contributed by atoms with E-state index in [1.807, 2.05) is 25.3 Å². The Labute approximate surface area is 122 Å². The maximum Gasteiger partial charge on any atom is 0.251 e. The molecule has 2 aromatic rings. The summed E-state index contributed by atoms with van der Waals surface area (Å²) < 4.78 is 0. The molecule has 0 unspecified atom stereocenters. The van der Waals surface area contributed by atoms with Gasteiger partial charge in [-0.1, -0.05) is 6.92 Å². The van der Waals surface area contributed by atoms with E-state index in [0.29, 0.717) is 17.9 Å². The van der Waals surface area contributed by atoms with Crippen molar-refractivity contribution in [1.29, 1.82) is 0 Å². The van der Waals surface area contributed by atoms with Crippen molar-refractivity contribution in [3.63, 3.8) is 0 Å². The normalized spacial score (nSPS) is 10.3. The maximum absolute atomic E-state index is 12.2. The Balaban J connectivity index is 2.10. The summed E-state index contributed by atoms with van der Waals surface area (Å²) in [6, 6.07) is 5.48. The Hall–Kier alpha value is -1.92. The van der Waals surface area contributed by atoms with Crippen LogP contribution in [0.5, 0.6) is 0 Å². The minimum atomic E-state index is -0.119. The molecule has 2 rings (SSSR count). The second-order valence-corrected chi connectivity index (χ2v) is 5.44. The Kier molecular flexibility index (Phi) is 4.70. The van der Waals surface area contributed by atoms with Crippen LogP contribution in [-0.2, 0) is 13.0 Å². The molecule has 2 aromatic heterocycles. The largest absolute Gasteiger partial charge is 0.347 e. The fraction of sp³-hybridized carbons (Fsp3) is 0.286. The standard InChI is InChI=1S/C14H18N4OS/c1-3-11-6-10(7-13(17-11)18-15)14(19)16-8-12-9(2)4-5-20-12/h4-7H,3,8,15H2,1-2H3,(H,16,19)(H,17,18). The molecule has 106 valence electrons. The van der Waals surface area contributed by atoms with Crippen LogP contribution >= 0.6 is 11.3 Å². The van der Waals surface area contributed by atoms with Crippen molar-refractivity contribution >= 4 is 23.1 Å². The zero-order valence-corrected chi connectivity index (χ0v) is 12.4. The van der Waals surface area contributed by atoms with Crippen molar-refractivity contribution in [2.75, 3.05) is 5.43 Å². The Morgan fingerprint density at radius 3 is 2.85 bits per heavy atom. The second kappa shape index (κ2) is 6.49. The molecule has 0 saturated heterocycles. The van der Waals surface area contributed by atoms with Crippen LogP contribution in [-0.4, -0.2) is 10.9 Å². The molecule has 0 bridgehead atoms. The van der Waals surface area contributed by atoms with E-state index in [1.54, 1.807) is 23.5 Å². The third kappa shape index (κ3) is 3.34. The highest BCUT2D eigenvalue weighted by Crippen LogP contribution is 2.15. The summed E-state index contributed by atoms with van der Waals surface area (Å²) >= 11 is 1.64. The highest BCUT2D eigenvalue weighted by molar-refractivity contribution is 7.10. The van der Waals surface area contributed by atoms with Crippen LogP contribution in [0, 0.1) is 6.92 Å². The van der Waals surface area contributed by atoms with Gasteiger partial charge < -0.3 is 10.7 Å². The van der Waals surface area contributed by atoms with Gasteiger partial charge in [-0.3, -0.25) is 4.79 Å². The van der Waals surface area contributed by atoms with Gasteiger partial charge in [0.1, 0.15) is 5.82 Å². The van der Waals surface area contributed by atoms with Crippen LogP contribution in [0.2, 0.25) is 0 Å². The van der Waals surface area contributed by atoms with Crippen LogP contribution < -0.4 is 16.6 Å². The number of aromatic nitrogens is 1. The number of nitrogens with zero attached hydrogens (tertiary/aromatic N) is 1. The molecule has 5 nitrogen and oxygen atoms in total. The molecule has 0 atom stereocenters. The molecule has 4 N–H and O–H groups in total. The predicted molar refractivity (Wildman–Crippen MR) is 81.7 cm³/mol. The van der Waals surface area contributed by atoms with Gasteiger partial charge in [0.05, 0.1) is 6.54 Å². The highest BCUT2D eigenvalue weighted by atomic mass is 32.1. The summed E-state index contributed by atoms with van der Waals surface area (Å²) in [4.78, 5) is 17.6. The number of hydrogen-bond acceptors (Lipinski definition) is 5. The zero-order valence-electron chi connectivity index (χ0n) is 11.6. The number of nitrogens with one attached hydrogen (secondary N) is 2. The molecule has 0 aliphatic heterocycles. The average molecular weight is 290 g/mol. The molecule has 1 amide bonds. The first-order valence-electron chi connectivity index (χ1n) is 6.42. The van der Waals surface area contributed by atoms with Crippen LogP contribution in [0.25, 0.3) is 0 Å². The Morgan fingerprint density at radius 2 is 2.25 bits per heavy atom. The van der Waals surface area contributed by atoms with E-state index in [2.05, 4.69) is 15.7 Å². The molecule has 2 heterocycles. The molecule has 0 saturated carbocycles. The predicted octanol–water partition coefficient (Wildman–Crippen LogP) is 2.23. The van der Waals surface area contributed by atoms with Crippen molar-refractivity contribution in [2.24, 2.45) is 5.84 Å². The van der Waals surface area contributed by atoms with Crippen LogP contribution in [0.3, 0.4) is 0 Å². The Bertz CT molecular complexity index is 587. The number of hydrogen-bond donors (Lipinski definition) is 3. The van der Waals surface area contributed by atoms with Crippen molar-refractivity contribution in [1.82, 2.24) is 10.3 Å². The number of nitrogen functional groups attached to an aromatic ring is 1. The number of pyridine rings is 1. The van der Waals surface area contributed by atoms with Gasteiger partial charge in [0.25, 0.3) is 5.91 Å². The number of hydrazine groups is 1. The number of nitrogens with two attached hydrogens (primary N) is 1. The molecule has 6 heteroatoms.